The molecule has 1 aliphatic rings. The van der Waals surface area contributed by atoms with Crippen LogP contribution in [0.5, 0.6) is 0 Å². The molecule has 0 N–H and O–H groups in total. The molecule has 1 aromatic heterocycles. The van der Waals surface area contributed by atoms with Crippen molar-refractivity contribution in [2.75, 3.05) is 39.9 Å². The zero-order valence-electron chi connectivity index (χ0n) is 12.8. The van der Waals surface area contributed by atoms with Crippen molar-refractivity contribution < 1.29 is 13.9 Å². The van der Waals surface area contributed by atoms with Gasteiger partial charge < -0.3 is 14.1 Å². The zero-order chi connectivity index (χ0) is 14.7. The number of carbonyl (C=O) groups is 1. The minimum Gasteiger partial charge on any atom is -0.466 e. The molecule has 0 radical (unpaired) electrons. The molecule has 0 saturated carbocycles. The number of piperazine rings is 1. The van der Waals surface area contributed by atoms with E-state index in [2.05, 4.69) is 11.8 Å². The lowest BCUT2D eigenvalue weighted by molar-refractivity contribution is 0.0448. The molecule has 0 aromatic carbocycles. The average molecular weight is 280 g/mol. The lowest BCUT2D eigenvalue weighted by Crippen LogP contribution is -2.52. The summed E-state index contributed by atoms with van der Waals surface area (Å²) in [6.45, 7) is 9.91. The first-order chi connectivity index (χ1) is 9.52. The summed E-state index contributed by atoms with van der Waals surface area (Å²) in [6.07, 6.45) is 0. The summed E-state index contributed by atoms with van der Waals surface area (Å²) < 4.78 is 10.6. The average Bonchev–Trinajstić information content (AvgIpc) is 2.77. The van der Waals surface area contributed by atoms with Crippen molar-refractivity contribution >= 4 is 5.91 Å². The largest absolute Gasteiger partial charge is 0.466 e. The van der Waals surface area contributed by atoms with E-state index in [-0.39, 0.29) is 5.91 Å². The van der Waals surface area contributed by atoms with Gasteiger partial charge in [0, 0.05) is 39.3 Å². The molecule has 2 heterocycles. The smallest absolute Gasteiger partial charge is 0.257 e. The Labute approximate surface area is 120 Å². The number of rotatable bonds is 4. The van der Waals surface area contributed by atoms with Gasteiger partial charge in [0.15, 0.2) is 0 Å². The number of nitrogens with zero attached hydrogens (tertiary/aromatic N) is 2. The van der Waals surface area contributed by atoms with Crippen molar-refractivity contribution in [2.24, 2.45) is 0 Å². The third-order valence-electron chi connectivity index (χ3n) is 3.90. The van der Waals surface area contributed by atoms with Crippen LogP contribution >= 0.6 is 0 Å². The Morgan fingerprint density at radius 3 is 2.50 bits per heavy atom. The monoisotopic (exact) mass is 280 g/mol. The predicted octanol–water partition coefficient (Wildman–Crippen LogP) is 1.69. The highest BCUT2D eigenvalue weighted by molar-refractivity contribution is 5.95. The molecule has 2 rings (SSSR count). The zero-order valence-corrected chi connectivity index (χ0v) is 12.8. The van der Waals surface area contributed by atoms with E-state index in [1.54, 1.807) is 7.11 Å². The van der Waals surface area contributed by atoms with Gasteiger partial charge in [-0.15, -0.1) is 0 Å². The van der Waals surface area contributed by atoms with Crippen molar-refractivity contribution in [3.05, 3.63) is 23.2 Å². The molecular formula is C15H24N2O3. The van der Waals surface area contributed by atoms with Crippen molar-refractivity contribution in [1.82, 2.24) is 9.80 Å². The van der Waals surface area contributed by atoms with Crippen LogP contribution in [0.2, 0.25) is 0 Å². The first-order valence-corrected chi connectivity index (χ1v) is 7.12. The summed E-state index contributed by atoms with van der Waals surface area (Å²) in [6, 6.07) is 2.23. The normalized spacial score (nSPS) is 18.3. The minimum absolute atomic E-state index is 0.0818. The highest BCUT2D eigenvalue weighted by Crippen LogP contribution is 2.17. The van der Waals surface area contributed by atoms with E-state index >= 15 is 0 Å². The van der Waals surface area contributed by atoms with Gasteiger partial charge in [0.25, 0.3) is 5.91 Å². The van der Waals surface area contributed by atoms with Gasteiger partial charge in [0.05, 0.1) is 12.2 Å². The number of amides is 1. The Hall–Kier alpha value is -1.33. The fourth-order valence-electron chi connectivity index (χ4n) is 2.73. The molecule has 112 valence electrons. The highest BCUT2D eigenvalue weighted by Gasteiger charge is 2.26. The second-order valence-corrected chi connectivity index (χ2v) is 5.46. The highest BCUT2D eigenvalue weighted by atomic mass is 16.5. The van der Waals surface area contributed by atoms with Crippen LogP contribution in [0.3, 0.4) is 0 Å². The van der Waals surface area contributed by atoms with Crippen LogP contribution in [0.1, 0.15) is 28.8 Å². The molecule has 0 bridgehead atoms. The number of hydrogen-bond acceptors (Lipinski definition) is 4. The standard InChI is InChI=1S/C15H24N2O3/c1-11(10-19-4)16-5-7-17(8-6-16)15(18)14-9-12(2)20-13(14)3/h9,11H,5-8,10H2,1-4H3. The van der Waals surface area contributed by atoms with Crippen LogP contribution < -0.4 is 0 Å². The third-order valence-corrected chi connectivity index (χ3v) is 3.90. The van der Waals surface area contributed by atoms with Crippen molar-refractivity contribution in [1.29, 1.82) is 0 Å². The summed E-state index contributed by atoms with van der Waals surface area (Å²) in [5.41, 5.74) is 0.695. The van der Waals surface area contributed by atoms with Crippen LogP contribution in [0, 0.1) is 13.8 Å². The molecule has 5 nitrogen and oxygen atoms in total. The van der Waals surface area contributed by atoms with Gasteiger partial charge in [0.1, 0.15) is 11.5 Å². The quantitative estimate of drug-likeness (QED) is 0.842. The number of methoxy groups -OCH3 is 1. The van der Waals surface area contributed by atoms with Crippen LogP contribution in [-0.4, -0.2) is 61.6 Å². The van der Waals surface area contributed by atoms with Gasteiger partial charge in [-0.1, -0.05) is 0 Å². The SMILES string of the molecule is COCC(C)N1CCN(C(=O)c2cc(C)oc2C)CC1. The van der Waals surface area contributed by atoms with Gasteiger partial charge in [-0.05, 0) is 26.8 Å². The Bertz CT molecular complexity index is 462. The van der Waals surface area contributed by atoms with Crippen molar-refractivity contribution in [3.63, 3.8) is 0 Å². The maximum absolute atomic E-state index is 12.5. The Morgan fingerprint density at radius 1 is 1.35 bits per heavy atom. The Morgan fingerprint density at radius 2 is 2.00 bits per heavy atom. The van der Waals surface area contributed by atoms with E-state index in [0.29, 0.717) is 17.4 Å². The van der Waals surface area contributed by atoms with Gasteiger partial charge in [-0.3, -0.25) is 9.69 Å². The van der Waals surface area contributed by atoms with Crippen molar-refractivity contribution in [2.45, 2.75) is 26.8 Å². The van der Waals surface area contributed by atoms with E-state index in [0.717, 1.165) is 38.5 Å². The molecule has 1 aliphatic heterocycles. The van der Waals surface area contributed by atoms with Gasteiger partial charge in [-0.25, -0.2) is 0 Å². The van der Waals surface area contributed by atoms with E-state index < -0.39 is 0 Å². The molecule has 0 spiro atoms. The lowest BCUT2D eigenvalue weighted by Gasteiger charge is -2.37. The topological polar surface area (TPSA) is 45.9 Å². The predicted molar refractivity (Wildman–Crippen MR) is 77.0 cm³/mol. The fraction of sp³-hybridized carbons (Fsp3) is 0.667. The summed E-state index contributed by atoms with van der Waals surface area (Å²) in [4.78, 5) is 16.7. The molecule has 1 aromatic rings. The second kappa shape index (κ2) is 6.41. The molecule has 1 saturated heterocycles. The molecular weight excluding hydrogens is 256 g/mol. The number of hydrogen-bond donors (Lipinski definition) is 0. The maximum atomic E-state index is 12.5. The van der Waals surface area contributed by atoms with E-state index in [1.165, 1.54) is 0 Å². The summed E-state index contributed by atoms with van der Waals surface area (Å²) in [7, 11) is 1.72. The van der Waals surface area contributed by atoms with Crippen molar-refractivity contribution in [3.8, 4) is 0 Å². The minimum atomic E-state index is 0.0818. The Balaban J connectivity index is 1.93. The Kier molecular flexibility index (Phi) is 4.83. The van der Waals surface area contributed by atoms with Crippen LogP contribution in [-0.2, 0) is 4.74 Å². The first-order valence-electron chi connectivity index (χ1n) is 7.12. The molecule has 1 fully saturated rings. The summed E-state index contributed by atoms with van der Waals surface area (Å²) in [5.74, 6) is 1.58. The number of aryl methyl sites for hydroxylation is 2. The van der Waals surface area contributed by atoms with Gasteiger partial charge in [0.2, 0.25) is 0 Å². The number of furan rings is 1. The van der Waals surface area contributed by atoms with Gasteiger partial charge in [-0.2, -0.15) is 0 Å². The van der Waals surface area contributed by atoms with Gasteiger partial charge >= 0.3 is 0 Å². The number of ether oxygens (including phenoxy) is 1. The molecule has 1 atom stereocenters. The molecule has 1 amide bonds. The maximum Gasteiger partial charge on any atom is 0.257 e. The molecule has 0 aliphatic carbocycles. The molecule has 20 heavy (non-hydrogen) atoms. The van der Waals surface area contributed by atoms with Crippen LogP contribution in [0.4, 0.5) is 0 Å². The molecule has 5 heteroatoms. The van der Waals surface area contributed by atoms with Crippen LogP contribution in [0.25, 0.3) is 0 Å². The third kappa shape index (κ3) is 3.22. The lowest BCUT2D eigenvalue weighted by atomic mass is 10.2. The van der Waals surface area contributed by atoms with E-state index in [1.807, 2.05) is 24.8 Å². The second-order valence-electron chi connectivity index (χ2n) is 5.46. The molecule has 1 unspecified atom stereocenters. The summed E-state index contributed by atoms with van der Waals surface area (Å²) >= 11 is 0. The number of carbonyl (C=O) groups excluding carboxylic acids is 1. The first kappa shape index (κ1) is 15.1. The van der Waals surface area contributed by atoms with E-state index in [4.69, 9.17) is 9.15 Å². The summed E-state index contributed by atoms with van der Waals surface area (Å²) in [5, 5.41) is 0. The van der Waals surface area contributed by atoms with Crippen LogP contribution in [0.15, 0.2) is 10.5 Å². The van der Waals surface area contributed by atoms with E-state index in [9.17, 15) is 4.79 Å². The fourth-order valence-corrected chi connectivity index (χ4v) is 2.73.